The normalized spacial score (nSPS) is 9.69. The van der Waals surface area contributed by atoms with Crippen LogP contribution in [0.1, 0.15) is 17.3 Å². The van der Waals surface area contributed by atoms with E-state index in [0.717, 1.165) is 6.07 Å². The summed E-state index contributed by atoms with van der Waals surface area (Å²) >= 11 is 0. The minimum Gasteiger partial charge on any atom is -0.508 e. The summed E-state index contributed by atoms with van der Waals surface area (Å²) in [5.74, 6) is -0.553. The molecular weight excluding hydrogens is 172 g/mol. The van der Waals surface area contributed by atoms with Gasteiger partial charge in [-0.05, 0) is 6.92 Å². The van der Waals surface area contributed by atoms with E-state index in [2.05, 4.69) is 0 Å². The molecule has 0 spiro atoms. The number of rotatable bonds is 2. The van der Waals surface area contributed by atoms with Crippen LogP contribution in [0.4, 0.5) is 0 Å². The molecule has 4 nitrogen and oxygen atoms in total. The summed E-state index contributed by atoms with van der Waals surface area (Å²) in [7, 11) is 1.36. The predicted octanol–water partition coefficient (Wildman–Crippen LogP) is 1.31. The summed E-state index contributed by atoms with van der Waals surface area (Å²) in [4.78, 5) is 11.0. The average Bonchev–Trinajstić information content (AvgIpc) is 2.01. The van der Waals surface area contributed by atoms with E-state index >= 15 is 0 Å². The Morgan fingerprint density at radius 1 is 1.38 bits per heavy atom. The van der Waals surface area contributed by atoms with Crippen LogP contribution in [0.25, 0.3) is 0 Å². The Kier molecular flexibility index (Phi) is 2.41. The smallest absolute Gasteiger partial charge is 0.167 e. The fourth-order valence-electron chi connectivity index (χ4n) is 1.10. The molecule has 0 aliphatic heterocycles. The maximum Gasteiger partial charge on any atom is 0.167 e. The molecule has 0 heterocycles. The molecule has 0 aromatic heterocycles. The van der Waals surface area contributed by atoms with Gasteiger partial charge in [0.2, 0.25) is 0 Å². The number of hydrogen-bond donors (Lipinski definition) is 2. The van der Waals surface area contributed by atoms with Crippen molar-refractivity contribution in [3.8, 4) is 17.2 Å². The van der Waals surface area contributed by atoms with Crippen molar-refractivity contribution in [2.75, 3.05) is 7.11 Å². The maximum absolute atomic E-state index is 11.0. The van der Waals surface area contributed by atoms with Gasteiger partial charge in [0.05, 0.1) is 7.11 Å². The predicted molar refractivity (Wildman–Crippen MR) is 46.3 cm³/mol. The third-order valence-corrected chi connectivity index (χ3v) is 1.64. The molecule has 0 saturated carbocycles. The summed E-state index contributed by atoms with van der Waals surface area (Å²) in [6.07, 6.45) is 0. The largest absolute Gasteiger partial charge is 0.508 e. The van der Waals surface area contributed by atoms with Crippen LogP contribution < -0.4 is 4.74 Å². The minimum absolute atomic E-state index is 0.0836. The van der Waals surface area contributed by atoms with E-state index in [9.17, 15) is 9.90 Å². The number of phenolic OH excluding ortho intramolecular Hbond substituents is 2. The number of ketones is 1. The van der Waals surface area contributed by atoms with Crippen molar-refractivity contribution in [1.82, 2.24) is 0 Å². The summed E-state index contributed by atoms with van der Waals surface area (Å²) in [6.45, 7) is 1.31. The number of aromatic hydroxyl groups is 2. The topological polar surface area (TPSA) is 66.8 Å². The van der Waals surface area contributed by atoms with Crippen LogP contribution in [0.5, 0.6) is 17.2 Å². The van der Waals surface area contributed by atoms with Crippen molar-refractivity contribution in [2.45, 2.75) is 6.92 Å². The van der Waals surface area contributed by atoms with E-state index in [0.29, 0.717) is 0 Å². The second kappa shape index (κ2) is 3.35. The highest BCUT2D eigenvalue weighted by atomic mass is 16.5. The monoisotopic (exact) mass is 182 g/mol. The average molecular weight is 182 g/mol. The molecule has 0 unspecified atom stereocenters. The Labute approximate surface area is 75.4 Å². The van der Waals surface area contributed by atoms with Crippen molar-refractivity contribution in [3.05, 3.63) is 17.7 Å². The zero-order valence-corrected chi connectivity index (χ0v) is 7.37. The second-order valence-corrected chi connectivity index (χ2v) is 2.60. The van der Waals surface area contributed by atoms with Gasteiger partial charge in [0.15, 0.2) is 5.78 Å². The number of hydrogen-bond acceptors (Lipinski definition) is 4. The lowest BCUT2D eigenvalue weighted by atomic mass is 10.1. The number of benzene rings is 1. The third kappa shape index (κ3) is 1.72. The molecule has 0 radical (unpaired) electrons. The number of Topliss-reactive ketones (excluding diaryl/α,β-unsaturated/α-hetero) is 1. The number of methoxy groups -OCH3 is 1. The molecule has 4 heteroatoms. The van der Waals surface area contributed by atoms with E-state index in [-0.39, 0.29) is 28.6 Å². The van der Waals surface area contributed by atoms with Gasteiger partial charge < -0.3 is 14.9 Å². The molecular formula is C9H10O4. The fraction of sp³-hybridized carbons (Fsp3) is 0.222. The zero-order valence-electron chi connectivity index (χ0n) is 7.37. The van der Waals surface area contributed by atoms with Crippen LogP contribution >= 0.6 is 0 Å². The third-order valence-electron chi connectivity index (χ3n) is 1.64. The van der Waals surface area contributed by atoms with Crippen LogP contribution in [0.2, 0.25) is 0 Å². The van der Waals surface area contributed by atoms with E-state index in [1.54, 1.807) is 0 Å². The number of carbonyl (C=O) groups excluding carboxylic acids is 1. The fourth-order valence-corrected chi connectivity index (χ4v) is 1.10. The quantitative estimate of drug-likeness (QED) is 0.676. The zero-order chi connectivity index (χ0) is 10.0. The first kappa shape index (κ1) is 9.38. The molecule has 0 saturated heterocycles. The van der Waals surface area contributed by atoms with E-state index < -0.39 is 0 Å². The Morgan fingerprint density at radius 3 is 2.46 bits per heavy atom. The Bertz CT molecular complexity index is 344. The van der Waals surface area contributed by atoms with Gasteiger partial charge in [-0.15, -0.1) is 0 Å². The molecule has 70 valence electrons. The van der Waals surface area contributed by atoms with E-state index in [4.69, 9.17) is 9.84 Å². The first-order chi connectivity index (χ1) is 6.06. The highest BCUT2D eigenvalue weighted by Crippen LogP contribution is 2.32. The highest BCUT2D eigenvalue weighted by molar-refractivity contribution is 5.99. The number of carbonyl (C=O) groups is 1. The second-order valence-electron chi connectivity index (χ2n) is 2.60. The summed E-state index contributed by atoms with van der Waals surface area (Å²) in [5.41, 5.74) is 0.0836. The van der Waals surface area contributed by atoms with Crippen LogP contribution in [-0.4, -0.2) is 23.1 Å². The SMILES string of the molecule is COc1cc(O)cc(O)c1C(C)=O. The van der Waals surface area contributed by atoms with Crippen molar-refractivity contribution in [2.24, 2.45) is 0 Å². The van der Waals surface area contributed by atoms with Crippen molar-refractivity contribution < 1.29 is 19.7 Å². The van der Waals surface area contributed by atoms with Crippen LogP contribution in [0, 0.1) is 0 Å². The molecule has 0 amide bonds. The molecule has 13 heavy (non-hydrogen) atoms. The molecule has 0 atom stereocenters. The summed E-state index contributed by atoms with van der Waals surface area (Å²) < 4.78 is 4.83. The van der Waals surface area contributed by atoms with Gasteiger partial charge >= 0.3 is 0 Å². The lowest BCUT2D eigenvalue weighted by Gasteiger charge is -2.07. The van der Waals surface area contributed by atoms with Gasteiger partial charge in [0.25, 0.3) is 0 Å². The number of phenols is 2. The number of ether oxygens (including phenoxy) is 1. The van der Waals surface area contributed by atoms with Crippen LogP contribution in [0.15, 0.2) is 12.1 Å². The van der Waals surface area contributed by atoms with E-state index in [1.165, 1.54) is 20.1 Å². The van der Waals surface area contributed by atoms with Gasteiger partial charge in [-0.1, -0.05) is 0 Å². The van der Waals surface area contributed by atoms with Gasteiger partial charge in [0.1, 0.15) is 22.8 Å². The van der Waals surface area contributed by atoms with Crippen molar-refractivity contribution >= 4 is 5.78 Å². The Morgan fingerprint density at radius 2 is 2.00 bits per heavy atom. The molecule has 0 fully saturated rings. The summed E-state index contributed by atoms with van der Waals surface area (Å²) in [5, 5.41) is 18.4. The van der Waals surface area contributed by atoms with Crippen molar-refractivity contribution in [1.29, 1.82) is 0 Å². The molecule has 1 rings (SSSR count). The molecule has 0 aliphatic carbocycles. The molecule has 0 aliphatic rings. The van der Waals surface area contributed by atoms with Gasteiger partial charge in [-0.3, -0.25) is 4.79 Å². The standard InChI is InChI=1S/C9H10O4/c1-5(10)9-7(12)3-6(11)4-8(9)13-2/h3-4,11-12H,1-2H3. The molecule has 1 aromatic carbocycles. The lowest BCUT2D eigenvalue weighted by molar-refractivity contribution is 0.101. The van der Waals surface area contributed by atoms with Crippen molar-refractivity contribution in [3.63, 3.8) is 0 Å². The molecule has 2 N–H and O–H groups in total. The molecule has 1 aromatic rings. The van der Waals surface area contributed by atoms with Gasteiger partial charge in [-0.2, -0.15) is 0 Å². The van der Waals surface area contributed by atoms with E-state index in [1.807, 2.05) is 0 Å². The Hall–Kier alpha value is -1.71. The summed E-state index contributed by atoms with van der Waals surface area (Å²) in [6, 6.07) is 2.37. The maximum atomic E-state index is 11.0. The van der Waals surface area contributed by atoms with Crippen LogP contribution in [0.3, 0.4) is 0 Å². The lowest BCUT2D eigenvalue weighted by Crippen LogP contribution is -1.97. The Balaban J connectivity index is 3.38. The first-order valence-electron chi connectivity index (χ1n) is 3.67. The van der Waals surface area contributed by atoms with Gasteiger partial charge in [-0.25, -0.2) is 0 Å². The van der Waals surface area contributed by atoms with Gasteiger partial charge in [0, 0.05) is 12.1 Å². The van der Waals surface area contributed by atoms with Crippen LogP contribution in [-0.2, 0) is 0 Å². The minimum atomic E-state index is -0.311. The highest BCUT2D eigenvalue weighted by Gasteiger charge is 2.14. The molecule has 0 bridgehead atoms. The first-order valence-corrected chi connectivity index (χ1v) is 3.67.